The Hall–Kier alpha value is -1.13. The molecular formula is C12H17ClN2O2. The van der Waals surface area contributed by atoms with E-state index in [1.807, 2.05) is 20.8 Å². The van der Waals surface area contributed by atoms with E-state index in [4.69, 9.17) is 16.3 Å². The third-order valence-electron chi connectivity index (χ3n) is 2.23. The summed E-state index contributed by atoms with van der Waals surface area (Å²) in [5.74, 6) is -0.217. The lowest BCUT2D eigenvalue weighted by Gasteiger charge is -2.24. The molecule has 1 N–H and O–H groups in total. The van der Waals surface area contributed by atoms with Gasteiger partial charge in [0.15, 0.2) is 0 Å². The molecule has 1 heterocycles. The number of hydrogen-bond acceptors (Lipinski definition) is 3. The molecule has 1 aromatic rings. The van der Waals surface area contributed by atoms with Crippen LogP contribution in [-0.4, -0.2) is 29.6 Å². The number of halogens is 1. The third-order valence-corrected chi connectivity index (χ3v) is 2.53. The summed E-state index contributed by atoms with van der Waals surface area (Å²) in [7, 11) is 0. The molecule has 4 nitrogen and oxygen atoms in total. The largest absolute Gasteiger partial charge is 0.374 e. The van der Waals surface area contributed by atoms with Crippen LogP contribution in [0.2, 0.25) is 5.02 Å². The molecular weight excluding hydrogens is 240 g/mol. The molecule has 0 saturated heterocycles. The molecule has 94 valence electrons. The molecule has 0 aromatic carbocycles. The molecule has 0 aliphatic heterocycles. The van der Waals surface area contributed by atoms with Crippen molar-refractivity contribution >= 4 is 17.5 Å². The van der Waals surface area contributed by atoms with Crippen LogP contribution in [0.5, 0.6) is 0 Å². The zero-order valence-corrected chi connectivity index (χ0v) is 11.0. The molecule has 0 atom stereocenters. The van der Waals surface area contributed by atoms with E-state index in [0.29, 0.717) is 23.7 Å². The van der Waals surface area contributed by atoms with E-state index in [9.17, 15) is 4.79 Å². The number of carbonyl (C=O) groups excluding carboxylic acids is 1. The van der Waals surface area contributed by atoms with Crippen LogP contribution in [0.25, 0.3) is 0 Å². The monoisotopic (exact) mass is 256 g/mol. The smallest absolute Gasteiger partial charge is 0.253 e. The van der Waals surface area contributed by atoms with Crippen LogP contribution in [-0.2, 0) is 4.74 Å². The Bertz CT molecular complexity index is 394. The first-order chi connectivity index (χ1) is 7.96. The van der Waals surface area contributed by atoms with Gasteiger partial charge in [-0.1, -0.05) is 11.6 Å². The lowest BCUT2D eigenvalue weighted by atomic mass is 10.1. The van der Waals surface area contributed by atoms with Gasteiger partial charge in [0.2, 0.25) is 0 Å². The standard InChI is InChI=1S/C12H17ClN2O2/c1-4-17-12(2,3)8-15-11(16)9-5-6-14-7-10(9)13/h5-7H,4,8H2,1-3H3,(H,15,16). The number of ether oxygens (including phenoxy) is 1. The number of nitrogens with zero attached hydrogens (tertiary/aromatic N) is 1. The third kappa shape index (κ3) is 4.32. The van der Waals surface area contributed by atoms with Gasteiger partial charge in [0.05, 0.1) is 16.2 Å². The van der Waals surface area contributed by atoms with Crippen molar-refractivity contribution in [3.05, 3.63) is 29.0 Å². The number of rotatable bonds is 5. The summed E-state index contributed by atoms with van der Waals surface area (Å²) >= 11 is 5.88. The van der Waals surface area contributed by atoms with Crippen LogP contribution in [0.4, 0.5) is 0 Å². The molecule has 1 amide bonds. The number of amides is 1. The van der Waals surface area contributed by atoms with Crippen LogP contribution >= 0.6 is 11.6 Å². The van der Waals surface area contributed by atoms with Crippen LogP contribution in [0.15, 0.2) is 18.5 Å². The highest BCUT2D eigenvalue weighted by molar-refractivity contribution is 6.33. The lowest BCUT2D eigenvalue weighted by molar-refractivity contribution is -0.00815. The number of carbonyl (C=O) groups is 1. The van der Waals surface area contributed by atoms with E-state index < -0.39 is 0 Å². The predicted molar refractivity (Wildman–Crippen MR) is 67.3 cm³/mol. The minimum Gasteiger partial charge on any atom is -0.374 e. The minimum absolute atomic E-state index is 0.217. The van der Waals surface area contributed by atoms with Crippen LogP contribution in [0.3, 0.4) is 0 Å². The van der Waals surface area contributed by atoms with Crippen molar-refractivity contribution in [3.8, 4) is 0 Å². The van der Waals surface area contributed by atoms with Gasteiger partial charge in [-0.2, -0.15) is 0 Å². The number of hydrogen-bond donors (Lipinski definition) is 1. The highest BCUT2D eigenvalue weighted by Gasteiger charge is 2.19. The van der Waals surface area contributed by atoms with E-state index in [1.165, 1.54) is 12.4 Å². The fraction of sp³-hybridized carbons (Fsp3) is 0.500. The molecule has 0 bridgehead atoms. The van der Waals surface area contributed by atoms with Crippen molar-refractivity contribution in [2.24, 2.45) is 0 Å². The highest BCUT2D eigenvalue weighted by Crippen LogP contribution is 2.13. The summed E-state index contributed by atoms with van der Waals surface area (Å²) in [6, 6.07) is 1.59. The summed E-state index contributed by atoms with van der Waals surface area (Å²) in [5.41, 5.74) is 0.0400. The summed E-state index contributed by atoms with van der Waals surface area (Å²) in [5, 5.41) is 3.14. The van der Waals surface area contributed by atoms with E-state index in [0.717, 1.165) is 0 Å². The molecule has 0 radical (unpaired) electrons. The van der Waals surface area contributed by atoms with Crippen molar-refractivity contribution in [3.63, 3.8) is 0 Å². The maximum atomic E-state index is 11.8. The Labute approximate surface area is 106 Å². The second-order valence-electron chi connectivity index (χ2n) is 4.23. The molecule has 0 aliphatic rings. The van der Waals surface area contributed by atoms with Crippen LogP contribution in [0.1, 0.15) is 31.1 Å². The van der Waals surface area contributed by atoms with Crippen molar-refractivity contribution in [2.75, 3.05) is 13.2 Å². The molecule has 5 heteroatoms. The Balaban J connectivity index is 2.59. The van der Waals surface area contributed by atoms with E-state index in [-0.39, 0.29) is 11.5 Å². The summed E-state index contributed by atoms with van der Waals surface area (Å²) < 4.78 is 5.49. The van der Waals surface area contributed by atoms with Gasteiger partial charge in [0.25, 0.3) is 5.91 Å². The molecule has 17 heavy (non-hydrogen) atoms. The van der Waals surface area contributed by atoms with Crippen LogP contribution < -0.4 is 5.32 Å². The maximum Gasteiger partial charge on any atom is 0.253 e. The van der Waals surface area contributed by atoms with E-state index >= 15 is 0 Å². The molecule has 1 rings (SSSR count). The van der Waals surface area contributed by atoms with Gasteiger partial charge in [-0.25, -0.2) is 0 Å². The molecule has 1 aromatic heterocycles. The Morgan fingerprint density at radius 2 is 2.29 bits per heavy atom. The Morgan fingerprint density at radius 3 is 2.88 bits per heavy atom. The fourth-order valence-corrected chi connectivity index (χ4v) is 1.59. The van der Waals surface area contributed by atoms with Gasteiger partial charge >= 0.3 is 0 Å². The summed E-state index contributed by atoms with van der Waals surface area (Å²) in [6.45, 7) is 6.80. The van der Waals surface area contributed by atoms with Gasteiger partial charge in [-0.05, 0) is 26.8 Å². The van der Waals surface area contributed by atoms with Gasteiger partial charge in [-0.3, -0.25) is 9.78 Å². The number of pyridine rings is 1. The minimum atomic E-state index is -0.385. The van der Waals surface area contributed by atoms with Crippen molar-refractivity contribution < 1.29 is 9.53 Å². The SMILES string of the molecule is CCOC(C)(C)CNC(=O)c1ccncc1Cl. The quantitative estimate of drug-likeness (QED) is 0.879. The first-order valence-electron chi connectivity index (χ1n) is 5.48. The number of nitrogens with one attached hydrogen (secondary N) is 1. The van der Waals surface area contributed by atoms with Crippen molar-refractivity contribution in [1.82, 2.24) is 10.3 Å². The Morgan fingerprint density at radius 1 is 1.59 bits per heavy atom. The zero-order chi connectivity index (χ0) is 12.9. The normalized spacial score (nSPS) is 11.3. The van der Waals surface area contributed by atoms with Gasteiger partial charge < -0.3 is 10.1 Å². The van der Waals surface area contributed by atoms with Gasteiger partial charge in [0.1, 0.15) is 0 Å². The summed E-state index contributed by atoms with van der Waals surface area (Å²) in [4.78, 5) is 15.7. The molecule has 0 fully saturated rings. The topological polar surface area (TPSA) is 51.2 Å². The summed E-state index contributed by atoms with van der Waals surface area (Å²) in [6.07, 6.45) is 2.98. The highest BCUT2D eigenvalue weighted by atomic mass is 35.5. The Kier molecular flexibility index (Phi) is 4.90. The lowest BCUT2D eigenvalue weighted by Crippen LogP contribution is -2.40. The van der Waals surface area contributed by atoms with E-state index in [2.05, 4.69) is 10.3 Å². The molecule has 0 unspecified atom stereocenters. The number of aromatic nitrogens is 1. The average Bonchev–Trinajstić information content (AvgIpc) is 2.27. The second-order valence-corrected chi connectivity index (χ2v) is 4.64. The van der Waals surface area contributed by atoms with Crippen LogP contribution in [0, 0.1) is 0 Å². The fourth-order valence-electron chi connectivity index (χ4n) is 1.39. The zero-order valence-electron chi connectivity index (χ0n) is 10.3. The van der Waals surface area contributed by atoms with Crippen molar-refractivity contribution in [2.45, 2.75) is 26.4 Å². The molecule has 0 saturated carbocycles. The first kappa shape index (κ1) is 13.9. The molecule has 0 aliphatic carbocycles. The first-order valence-corrected chi connectivity index (χ1v) is 5.86. The van der Waals surface area contributed by atoms with Crippen molar-refractivity contribution in [1.29, 1.82) is 0 Å². The van der Waals surface area contributed by atoms with E-state index in [1.54, 1.807) is 6.07 Å². The predicted octanol–water partition coefficient (Wildman–Crippen LogP) is 2.28. The average molecular weight is 257 g/mol. The van der Waals surface area contributed by atoms with Gasteiger partial charge in [-0.15, -0.1) is 0 Å². The molecule has 0 spiro atoms. The van der Waals surface area contributed by atoms with Gasteiger partial charge in [0, 0.05) is 25.5 Å². The second kappa shape index (κ2) is 5.98. The maximum absolute atomic E-state index is 11.8.